The Bertz CT molecular complexity index is 1450. The lowest BCUT2D eigenvalue weighted by Gasteiger charge is -2.23. The molecule has 0 atom stereocenters. The van der Waals surface area contributed by atoms with Gasteiger partial charge in [-0.25, -0.2) is 9.78 Å². The third kappa shape index (κ3) is 4.76. The maximum atomic E-state index is 13.1. The monoisotopic (exact) mass is 482 g/mol. The summed E-state index contributed by atoms with van der Waals surface area (Å²) in [5, 5.41) is 9.82. The molecular weight excluding hydrogens is 452 g/mol. The summed E-state index contributed by atoms with van der Waals surface area (Å²) in [6.45, 7) is 5.83. The number of aromatic carboxylic acids is 1. The van der Waals surface area contributed by atoms with E-state index < -0.39 is 11.4 Å². The summed E-state index contributed by atoms with van der Waals surface area (Å²) < 4.78 is 7.80. The first-order chi connectivity index (χ1) is 17.2. The fraction of sp³-hybridized carbons (Fsp3) is 0.300. The number of carbonyl (C=O) groups excluding carboxylic acids is 1. The molecule has 0 spiro atoms. The number of esters is 1. The summed E-state index contributed by atoms with van der Waals surface area (Å²) >= 11 is 0. The predicted octanol–water partition coefficient (Wildman–Crippen LogP) is 6.20. The number of ether oxygens (including phenoxy) is 1. The average Bonchev–Trinajstić information content (AvgIpc) is 3.61. The first-order valence-corrected chi connectivity index (χ1v) is 12.3. The van der Waals surface area contributed by atoms with Gasteiger partial charge >= 0.3 is 11.9 Å². The van der Waals surface area contributed by atoms with Crippen molar-refractivity contribution in [2.24, 2.45) is 5.41 Å². The molecule has 36 heavy (non-hydrogen) atoms. The molecular formula is C30H30N2O4. The smallest absolute Gasteiger partial charge is 0.336 e. The van der Waals surface area contributed by atoms with E-state index in [4.69, 9.17) is 9.72 Å². The summed E-state index contributed by atoms with van der Waals surface area (Å²) in [5.41, 5.74) is 5.63. The normalized spacial score (nSPS) is 13.6. The molecule has 0 bridgehead atoms. The minimum Gasteiger partial charge on any atom is -0.478 e. The lowest BCUT2D eigenvalue weighted by molar-refractivity contribution is -0.155. The molecule has 0 aliphatic heterocycles. The van der Waals surface area contributed by atoms with Gasteiger partial charge in [-0.1, -0.05) is 48.5 Å². The average molecular weight is 483 g/mol. The van der Waals surface area contributed by atoms with Gasteiger partial charge in [-0.15, -0.1) is 0 Å². The topological polar surface area (TPSA) is 80.9 Å². The highest BCUT2D eigenvalue weighted by Gasteiger charge is 2.31. The highest BCUT2D eigenvalue weighted by molar-refractivity contribution is 5.96. The second-order valence-corrected chi connectivity index (χ2v) is 10.3. The Kier molecular flexibility index (Phi) is 6.12. The number of nitrogens with zero attached hydrogens (tertiary/aromatic N) is 2. The summed E-state index contributed by atoms with van der Waals surface area (Å²) in [6.07, 6.45) is 4.78. The van der Waals surface area contributed by atoms with Gasteiger partial charge < -0.3 is 14.2 Å². The number of rotatable bonds is 8. The van der Waals surface area contributed by atoms with Gasteiger partial charge in [0.2, 0.25) is 0 Å². The zero-order valence-corrected chi connectivity index (χ0v) is 20.8. The minimum atomic E-state index is -0.995. The van der Waals surface area contributed by atoms with Crippen molar-refractivity contribution >= 4 is 17.6 Å². The van der Waals surface area contributed by atoms with Crippen LogP contribution in [0.2, 0.25) is 0 Å². The summed E-state index contributed by atoms with van der Waals surface area (Å²) in [5.74, 6) is -0.782. The Labute approximate surface area is 210 Å². The number of carbonyl (C=O) groups is 2. The maximum absolute atomic E-state index is 13.1. The van der Waals surface area contributed by atoms with Crippen molar-refractivity contribution < 1.29 is 19.4 Å². The van der Waals surface area contributed by atoms with Crippen LogP contribution in [0.15, 0.2) is 66.9 Å². The van der Waals surface area contributed by atoms with Crippen molar-refractivity contribution in [1.82, 2.24) is 9.38 Å². The van der Waals surface area contributed by atoms with Crippen LogP contribution in [0.1, 0.15) is 65.5 Å². The van der Waals surface area contributed by atoms with Gasteiger partial charge in [0.1, 0.15) is 12.3 Å². The number of hydrogen-bond donors (Lipinski definition) is 1. The number of benzene rings is 2. The Balaban J connectivity index is 1.32. The van der Waals surface area contributed by atoms with Crippen LogP contribution in [0, 0.1) is 12.3 Å². The number of imidazole rings is 1. The SMILES string of the molecule is Cc1ccc(COC(=O)C(C)(C)Cc2ccc(-c3ccccc3)c(C(=O)O)c2)n2cc(C3CC3)nc12. The quantitative estimate of drug-likeness (QED) is 0.303. The van der Waals surface area contributed by atoms with Crippen molar-refractivity contribution in [3.05, 3.63) is 94.9 Å². The third-order valence-electron chi connectivity index (χ3n) is 6.86. The Morgan fingerprint density at radius 3 is 2.53 bits per heavy atom. The molecule has 1 aliphatic rings. The second kappa shape index (κ2) is 9.26. The molecule has 2 aromatic carbocycles. The van der Waals surface area contributed by atoms with Crippen molar-refractivity contribution in [2.75, 3.05) is 0 Å². The molecule has 1 aliphatic carbocycles. The minimum absolute atomic E-state index is 0.146. The van der Waals surface area contributed by atoms with Crippen LogP contribution in [-0.2, 0) is 22.6 Å². The van der Waals surface area contributed by atoms with E-state index in [1.54, 1.807) is 6.07 Å². The maximum Gasteiger partial charge on any atom is 0.336 e. The first-order valence-electron chi connectivity index (χ1n) is 12.3. The van der Waals surface area contributed by atoms with E-state index >= 15 is 0 Å². The van der Waals surface area contributed by atoms with E-state index in [1.807, 2.05) is 79.8 Å². The number of aromatic nitrogens is 2. The van der Waals surface area contributed by atoms with Gasteiger partial charge in [-0.3, -0.25) is 4.79 Å². The second-order valence-electron chi connectivity index (χ2n) is 10.3. The van der Waals surface area contributed by atoms with Crippen LogP contribution >= 0.6 is 0 Å². The number of aryl methyl sites for hydroxylation is 1. The number of hydrogen-bond acceptors (Lipinski definition) is 4. The Hall–Kier alpha value is -3.93. The van der Waals surface area contributed by atoms with E-state index in [9.17, 15) is 14.7 Å². The van der Waals surface area contributed by atoms with Crippen LogP contribution in [0.4, 0.5) is 0 Å². The highest BCUT2D eigenvalue weighted by atomic mass is 16.5. The molecule has 1 N–H and O–H groups in total. The van der Waals surface area contributed by atoms with Gasteiger partial charge in [-0.2, -0.15) is 0 Å². The molecule has 1 saturated carbocycles. The van der Waals surface area contributed by atoms with Crippen LogP contribution in [0.25, 0.3) is 16.8 Å². The molecule has 1 fully saturated rings. The van der Waals surface area contributed by atoms with E-state index in [2.05, 4.69) is 6.20 Å². The van der Waals surface area contributed by atoms with Gasteiger partial charge in [0, 0.05) is 12.1 Å². The Morgan fingerprint density at radius 1 is 1.08 bits per heavy atom. The molecule has 6 nitrogen and oxygen atoms in total. The lowest BCUT2D eigenvalue weighted by atomic mass is 9.84. The summed E-state index contributed by atoms with van der Waals surface area (Å²) in [6, 6.07) is 18.8. The van der Waals surface area contributed by atoms with Crippen LogP contribution in [0.3, 0.4) is 0 Å². The Morgan fingerprint density at radius 2 is 1.83 bits per heavy atom. The highest BCUT2D eigenvalue weighted by Crippen LogP contribution is 2.39. The van der Waals surface area contributed by atoms with E-state index in [1.165, 1.54) is 12.8 Å². The van der Waals surface area contributed by atoms with Crippen molar-refractivity contribution in [3.63, 3.8) is 0 Å². The van der Waals surface area contributed by atoms with Crippen molar-refractivity contribution in [3.8, 4) is 11.1 Å². The zero-order chi connectivity index (χ0) is 25.4. The number of carboxylic acids is 1. The lowest BCUT2D eigenvalue weighted by Crippen LogP contribution is -2.29. The number of pyridine rings is 1. The van der Waals surface area contributed by atoms with Gasteiger partial charge in [0.05, 0.1) is 22.4 Å². The predicted molar refractivity (Wildman–Crippen MR) is 138 cm³/mol. The molecule has 6 heteroatoms. The molecule has 0 radical (unpaired) electrons. The summed E-state index contributed by atoms with van der Waals surface area (Å²) in [4.78, 5) is 29.9. The zero-order valence-electron chi connectivity index (χ0n) is 20.8. The van der Waals surface area contributed by atoms with E-state index in [0.29, 0.717) is 17.9 Å². The van der Waals surface area contributed by atoms with Crippen LogP contribution in [0.5, 0.6) is 0 Å². The molecule has 0 amide bonds. The van der Waals surface area contributed by atoms with Crippen LogP contribution in [-0.4, -0.2) is 26.4 Å². The number of fused-ring (bicyclic) bond motifs is 1. The molecule has 2 aromatic heterocycles. The third-order valence-corrected chi connectivity index (χ3v) is 6.86. The van der Waals surface area contributed by atoms with Gasteiger partial charge in [0.25, 0.3) is 0 Å². The number of carboxylic acid groups (broad SMARTS) is 1. The largest absolute Gasteiger partial charge is 0.478 e. The fourth-order valence-corrected chi connectivity index (χ4v) is 4.63. The molecule has 5 rings (SSSR count). The molecule has 184 valence electrons. The fourth-order valence-electron chi connectivity index (χ4n) is 4.63. The van der Waals surface area contributed by atoms with E-state index in [-0.39, 0.29) is 18.1 Å². The first kappa shape index (κ1) is 23.8. The van der Waals surface area contributed by atoms with Gasteiger partial charge in [0.15, 0.2) is 0 Å². The summed E-state index contributed by atoms with van der Waals surface area (Å²) in [7, 11) is 0. The van der Waals surface area contributed by atoms with Crippen molar-refractivity contribution in [1.29, 1.82) is 0 Å². The molecule has 0 saturated heterocycles. The standard InChI is InChI=1S/C30H30N2O4/c1-19-9-13-23(32-17-26(22-11-12-22)31-27(19)32)18-36-29(35)30(2,3)16-20-10-14-24(25(15-20)28(33)34)21-7-5-4-6-8-21/h4-10,13-15,17,22H,11-12,16,18H2,1-3H3,(H,33,34). The molecule has 2 heterocycles. The molecule has 0 unspecified atom stereocenters. The van der Waals surface area contributed by atoms with Crippen LogP contribution < -0.4 is 0 Å². The van der Waals surface area contributed by atoms with E-state index in [0.717, 1.165) is 33.7 Å². The van der Waals surface area contributed by atoms with Gasteiger partial charge in [-0.05, 0) is 74.4 Å². The van der Waals surface area contributed by atoms with Crippen molar-refractivity contribution in [2.45, 2.75) is 52.6 Å². The molecule has 4 aromatic rings.